The molecule has 3 rings (SSSR count). The molecule has 0 bridgehead atoms. The molecule has 0 aliphatic carbocycles. The van der Waals surface area contributed by atoms with Crippen LogP contribution in [0.15, 0.2) is 42.5 Å². The zero-order valence-electron chi connectivity index (χ0n) is 12.5. The molecule has 0 aliphatic heterocycles. The molecule has 0 spiro atoms. The van der Waals surface area contributed by atoms with Gasteiger partial charge in [-0.1, -0.05) is 19.1 Å². The molecule has 1 N–H and O–H groups in total. The number of amides is 1. The molecule has 0 unspecified atom stereocenters. The third kappa shape index (κ3) is 2.92. The quantitative estimate of drug-likeness (QED) is 0.791. The van der Waals surface area contributed by atoms with Gasteiger partial charge in [-0.05, 0) is 36.8 Å². The molecule has 4 nitrogen and oxygen atoms in total. The number of imidazole rings is 1. The number of nitrogens with one attached hydrogen (secondary N) is 1. The Bertz CT molecular complexity index is 873. The predicted molar refractivity (Wildman–Crippen MR) is 84.3 cm³/mol. The minimum absolute atomic E-state index is 0.321. The maximum atomic E-state index is 13.7. The van der Waals surface area contributed by atoms with Crippen molar-refractivity contribution in [3.05, 3.63) is 59.7 Å². The SMILES string of the molecule is CCCn1c(NC(=O)c2cc(F)ccc2F)nc2ccccc21. The second-order valence-corrected chi connectivity index (χ2v) is 5.15. The number of hydrogen-bond donors (Lipinski definition) is 1. The van der Waals surface area contributed by atoms with Crippen LogP contribution in [-0.4, -0.2) is 15.5 Å². The third-order valence-corrected chi connectivity index (χ3v) is 3.50. The van der Waals surface area contributed by atoms with Gasteiger partial charge in [-0.2, -0.15) is 0 Å². The molecule has 0 atom stereocenters. The van der Waals surface area contributed by atoms with Crippen molar-refractivity contribution < 1.29 is 13.6 Å². The van der Waals surface area contributed by atoms with Crippen molar-refractivity contribution in [1.82, 2.24) is 9.55 Å². The van der Waals surface area contributed by atoms with Gasteiger partial charge in [0.05, 0.1) is 16.6 Å². The van der Waals surface area contributed by atoms with Crippen LogP contribution in [0.3, 0.4) is 0 Å². The molecule has 0 aliphatic rings. The van der Waals surface area contributed by atoms with Gasteiger partial charge >= 0.3 is 0 Å². The molecule has 118 valence electrons. The van der Waals surface area contributed by atoms with Gasteiger partial charge in [-0.25, -0.2) is 13.8 Å². The monoisotopic (exact) mass is 315 g/mol. The van der Waals surface area contributed by atoms with Crippen molar-refractivity contribution in [2.75, 3.05) is 5.32 Å². The predicted octanol–water partition coefficient (Wildman–Crippen LogP) is 3.98. The Kier molecular flexibility index (Phi) is 4.06. The van der Waals surface area contributed by atoms with Crippen LogP contribution in [0.25, 0.3) is 11.0 Å². The van der Waals surface area contributed by atoms with Crippen molar-refractivity contribution in [3.8, 4) is 0 Å². The first-order valence-electron chi connectivity index (χ1n) is 7.32. The summed E-state index contributed by atoms with van der Waals surface area (Å²) in [5, 5.41) is 2.58. The lowest BCUT2D eigenvalue weighted by Gasteiger charge is -2.09. The van der Waals surface area contributed by atoms with Crippen LogP contribution in [0.4, 0.5) is 14.7 Å². The summed E-state index contributed by atoms with van der Waals surface area (Å²) in [5.74, 6) is -1.85. The maximum absolute atomic E-state index is 13.7. The van der Waals surface area contributed by atoms with Crippen molar-refractivity contribution in [1.29, 1.82) is 0 Å². The van der Waals surface area contributed by atoms with E-state index in [-0.39, 0.29) is 5.56 Å². The van der Waals surface area contributed by atoms with Gasteiger partial charge in [0.2, 0.25) is 5.95 Å². The van der Waals surface area contributed by atoms with Crippen LogP contribution < -0.4 is 5.32 Å². The lowest BCUT2D eigenvalue weighted by atomic mass is 10.2. The Labute approximate surface area is 131 Å². The van der Waals surface area contributed by atoms with Crippen molar-refractivity contribution in [3.63, 3.8) is 0 Å². The van der Waals surface area contributed by atoms with Crippen molar-refractivity contribution in [2.24, 2.45) is 0 Å². The van der Waals surface area contributed by atoms with Gasteiger partial charge in [-0.15, -0.1) is 0 Å². The van der Waals surface area contributed by atoms with E-state index in [4.69, 9.17) is 0 Å². The van der Waals surface area contributed by atoms with E-state index in [9.17, 15) is 13.6 Å². The van der Waals surface area contributed by atoms with Gasteiger partial charge in [0.25, 0.3) is 5.91 Å². The van der Waals surface area contributed by atoms with Gasteiger partial charge in [0, 0.05) is 6.54 Å². The molecular formula is C17H15F2N3O. The van der Waals surface area contributed by atoms with Crippen LogP contribution in [-0.2, 0) is 6.54 Å². The number of aromatic nitrogens is 2. The molecule has 2 aromatic carbocycles. The summed E-state index contributed by atoms with van der Waals surface area (Å²) >= 11 is 0. The lowest BCUT2D eigenvalue weighted by molar-refractivity contribution is 0.102. The minimum atomic E-state index is -0.776. The second-order valence-electron chi connectivity index (χ2n) is 5.15. The standard InChI is InChI=1S/C17H15F2N3O/c1-2-9-22-15-6-4-3-5-14(15)20-17(22)21-16(23)12-10-11(18)7-8-13(12)19/h3-8,10H,2,9H2,1H3,(H,20,21,23). The molecule has 3 aromatic rings. The van der Waals surface area contributed by atoms with E-state index in [0.717, 1.165) is 35.7 Å². The highest BCUT2D eigenvalue weighted by atomic mass is 19.1. The highest BCUT2D eigenvalue weighted by Crippen LogP contribution is 2.21. The molecule has 23 heavy (non-hydrogen) atoms. The van der Waals surface area contributed by atoms with Gasteiger partial charge in [-0.3, -0.25) is 10.1 Å². The number of para-hydroxylation sites is 2. The first-order valence-corrected chi connectivity index (χ1v) is 7.32. The summed E-state index contributed by atoms with van der Waals surface area (Å²) in [4.78, 5) is 16.6. The summed E-state index contributed by atoms with van der Waals surface area (Å²) < 4.78 is 28.8. The van der Waals surface area contributed by atoms with Crippen LogP contribution in [0.5, 0.6) is 0 Å². The number of hydrogen-bond acceptors (Lipinski definition) is 2. The molecule has 0 radical (unpaired) electrons. The lowest BCUT2D eigenvalue weighted by Crippen LogP contribution is -2.17. The Morgan fingerprint density at radius 2 is 2.00 bits per heavy atom. The van der Waals surface area contributed by atoms with E-state index in [1.54, 1.807) is 0 Å². The van der Waals surface area contributed by atoms with E-state index < -0.39 is 17.5 Å². The number of aryl methyl sites for hydroxylation is 1. The number of halogens is 2. The van der Waals surface area contributed by atoms with Crippen molar-refractivity contribution in [2.45, 2.75) is 19.9 Å². The second kappa shape index (κ2) is 6.16. The number of rotatable bonds is 4. The normalized spacial score (nSPS) is 10.9. The molecule has 0 fully saturated rings. The molecule has 1 heterocycles. The van der Waals surface area contributed by atoms with E-state index >= 15 is 0 Å². The van der Waals surface area contributed by atoms with Crippen LogP contribution in [0, 0.1) is 11.6 Å². The maximum Gasteiger partial charge on any atom is 0.261 e. The Hall–Kier alpha value is -2.76. The topological polar surface area (TPSA) is 46.9 Å². The highest BCUT2D eigenvalue weighted by molar-refractivity contribution is 6.04. The number of carbonyl (C=O) groups is 1. The molecule has 1 aromatic heterocycles. The van der Waals surface area contributed by atoms with Crippen molar-refractivity contribution >= 4 is 22.9 Å². The first-order chi connectivity index (χ1) is 11.1. The van der Waals surface area contributed by atoms with Crippen LogP contribution >= 0.6 is 0 Å². The number of fused-ring (bicyclic) bond motifs is 1. The molecule has 0 saturated carbocycles. The minimum Gasteiger partial charge on any atom is -0.310 e. The smallest absolute Gasteiger partial charge is 0.261 e. The fraction of sp³-hybridized carbons (Fsp3) is 0.176. The fourth-order valence-electron chi connectivity index (χ4n) is 2.46. The summed E-state index contributed by atoms with van der Waals surface area (Å²) in [6.07, 6.45) is 0.845. The number of nitrogens with zero attached hydrogens (tertiary/aromatic N) is 2. The van der Waals surface area contributed by atoms with Crippen LogP contribution in [0.2, 0.25) is 0 Å². The third-order valence-electron chi connectivity index (χ3n) is 3.50. The average Bonchev–Trinajstić information content (AvgIpc) is 2.88. The summed E-state index contributed by atoms with van der Waals surface area (Å²) in [7, 11) is 0. The zero-order valence-corrected chi connectivity index (χ0v) is 12.5. The fourth-order valence-corrected chi connectivity index (χ4v) is 2.46. The first kappa shape index (κ1) is 15.1. The summed E-state index contributed by atoms with van der Waals surface area (Å²) in [5.41, 5.74) is 1.26. The Balaban J connectivity index is 1.99. The van der Waals surface area contributed by atoms with E-state index in [0.29, 0.717) is 12.5 Å². The molecular weight excluding hydrogens is 300 g/mol. The largest absolute Gasteiger partial charge is 0.310 e. The van der Waals surface area contributed by atoms with Gasteiger partial charge in [0.1, 0.15) is 11.6 Å². The number of benzene rings is 2. The zero-order chi connectivity index (χ0) is 16.4. The van der Waals surface area contributed by atoms with Gasteiger partial charge in [0.15, 0.2) is 0 Å². The van der Waals surface area contributed by atoms with Crippen LogP contribution in [0.1, 0.15) is 23.7 Å². The van der Waals surface area contributed by atoms with E-state index in [1.165, 1.54) is 0 Å². The number of carbonyl (C=O) groups excluding carboxylic acids is 1. The van der Waals surface area contributed by atoms with Gasteiger partial charge < -0.3 is 4.57 Å². The summed E-state index contributed by atoms with van der Waals surface area (Å²) in [6.45, 7) is 2.66. The van der Waals surface area contributed by atoms with E-state index in [2.05, 4.69) is 10.3 Å². The Morgan fingerprint density at radius 1 is 1.22 bits per heavy atom. The molecule has 0 saturated heterocycles. The van der Waals surface area contributed by atoms with E-state index in [1.807, 2.05) is 35.8 Å². The Morgan fingerprint density at radius 3 is 2.78 bits per heavy atom. The highest BCUT2D eigenvalue weighted by Gasteiger charge is 2.17. The average molecular weight is 315 g/mol. The summed E-state index contributed by atoms with van der Waals surface area (Å²) in [6, 6.07) is 10.2. The molecule has 6 heteroatoms. The number of anilines is 1. The molecule has 1 amide bonds.